The predicted molar refractivity (Wildman–Crippen MR) is 102 cm³/mol. The lowest BCUT2D eigenvalue weighted by atomic mass is 10.2. The molecule has 150 valence electrons. The lowest BCUT2D eigenvalue weighted by Gasteiger charge is -2.07. The number of nitro benzene ring substituents is 1. The number of amides is 1. The van der Waals surface area contributed by atoms with E-state index in [9.17, 15) is 14.9 Å². The van der Waals surface area contributed by atoms with Crippen LogP contribution in [-0.4, -0.2) is 35.2 Å². The Morgan fingerprint density at radius 2 is 2.03 bits per heavy atom. The molecule has 0 atom stereocenters. The highest BCUT2D eigenvalue weighted by atomic mass is 35.5. The zero-order valence-corrected chi connectivity index (χ0v) is 16.1. The van der Waals surface area contributed by atoms with Gasteiger partial charge in [0.05, 0.1) is 31.3 Å². The average Bonchev–Trinajstić information content (AvgIpc) is 3.20. The van der Waals surface area contributed by atoms with Crippen LogP contribution in [0.4, 0.5) is 5.69 Å². The number of nitrogens with zero attached hydrogens (tertiary/aromatic N) is 3. The summed E-state index contributed by atoms with van der Waals surface area (Å²) >= 11 is 5.75. The maximum atomic E-state index is 12.3. The summed E-state index contributed by atoms with van der Waals surface area (Å²) in [6.45, 7) is -0.0687. The Labute approximate surface area is 169 Å². The molecule has 0 fully saturated rings. The number of methoxy groups -OCH3 is 2. The van der Waals surface area contributed by atoms with E-state index in [1.165, 1.54) is 19.2 Å². The third-order valence-corrected chi connectivity index (χ3v) is 4.24. The van der Waals surface area contributed by atoms with Crippen LogP contribution in [0.5, 0.6) is 11.5 Å². The van der Waals surface area contributed by atoms with Crippen LogP contribution in [0.1, 0.15) is 16.2 Å². The molecule has 2 aromatic carbocycles. The monoisotopic (exact) mass is 418 g/mol. The van der Waals surface area contributed by atoms with Crippen LogP contribution in [-0.2, 0) is 6.54 Å². The van der Waals surface area contributed by atoms with Crippen molar-refractivity contribution in [2.75, 3.05) is 14.2 Å². The summed E-state index contributed by atoms with van der Waals surface area (Å²) in [4.78, 5) is 26.8. The summed E-state index contributed by atoms with van der Waals surface area (Å²) in [5.74, 6) is 0.977. The van der Waals surface area contributed by atoms with E-state index in [-0.39, 0.29) is 34.5 Å². The SMILES string of the molecule is COc1ccc(-c2noc(CNC(=O)c3ccc(Cl)c([N+](=O)[O-])c3)n2)c(OC)c1. The van der Waals surface area contributed by atoms with E-state index in [4.69, 9.17) is 25.6 Å². The van der Waals surface area contributed by atoms with E-state index < -0.39 is 10.8 Å². The Balaban J connectivity index is 1.72. The highest BCUT2D eigenvalue weighted by Crippen LogP contribution is 2.31. The molecule has 10 nitrogen and oxygen atoms in total. The molecule has 3 rings (SSSR count). The van der Waals surface area contributed by atoms with Gasteiger partial charge in [0.25, 0.3) is 11.6 Å². The molecule has 0 spiro atoms. The van der Waals surface area contributed by atoms with E-state index >= 15 is 0 Å². The summed E-state index contributed by atoms with van der Waals surface area (Å²) in [6, 6.07) is 8.89. The van der Waals surface area contributed by atoms with Gasteiger partial charge in [-0.25, -0.2) is 0 Å². The smallest absolute Gasteiger partial charge is 0.288 e. The minimum absolute atomic E-state index is 0.0541. The van der Waals surface area contributed by atoms with Gasteiger partial charge in [0.1, 0.15) is 16.5 Å². The van der Waals surface area contributed by atoms with Crippen LogP contribution in [0, 0.1) is 10.1 Å². The Morgan fingerprint density at radius 1 is 1.24 bits per heavy atom. The molecule has 0 aliphatic heterocycles. The first-order valence-corrected chi connectivity index (χ1v) is 8.58. The van der Waals surface area contributed by atoms with Crippen molar-refractivity contribution in [3.8, 4) is 22.9 Å². The molecule has 1 amide bonds. The van der Waals surface area contributed by atoms with E-state index in [1.807, 2.05) is 0 Å². The number of aromatic nitrogens is 2. The number of rotatable bonds is 7. The molecular weight excluding hydrogens is 404 g/mol. The summed E-state index contributed by atoms with van der Waals surface area (Å²) in [5, 5.41) is 17.3. The van der Waals surface area contributed by atoms with Crippen molar-refractivity contribution in [3.63, 3.8) is 0 Å². The lowest BCUT2D eigenvalue weighted by molar-refractivity contribution is -0.384. The van der Waals surface area contributed by atoms with E-state index in [1.54, 1.807) is 25.3 Å². The Morgan fingerprint density at radius 3 is 2.72 bits per heavy atom. The molecule has 3 aromatic rings. The van der Waals surface area contributed by atoms with Crippen molar-refractivity contribution >= 4 is 23.2 Å². The fraction of sp³-hybridized carbons (Fsp3) is 0.167. The van der Waals surface area contributed by atoms with Crippen LogP contribution in [0.2, 0.25) is 5.02 Å². The van der Waals surface area contributed by atoms with Gasteiger partial charge in [-0.3, -0.25) is 14.9 Å². The fourth-order valence-electron chi connectivity index (χ4n) is 2.47. The van der Waals surface area contributed by atoms with Gasteiger partial charge >= 0.3 is 0 Å². The Hall–Kier alpha value is -3.66. The second kappa shape index (κ2) is 8.57. The summed E-state index contributed by atoms with van der Waals surface area (Å²) < 4.78 is 15.6. The van der Waals surface area contributed by atoms with E-state index in [0.717, 1.165) is 6.07 Å². The number of hydrogen-bond donors (Lipinski definition) is 1. The molecule has 11 heteroatoms. The Kier molecular flexibility index (Phi) is 5.93. The number of nitro groups is 1. The van der Waals surface area contributed by atoms with E-state index in [2.05, 4.69) is 15.5 Å². The zero-order chi connectivity index (χ0) is 21.0. The third kappa shape index (κ3) is 4.43. The van der Waals surface area contributed by atoms with Crippen LogP contribution < -0.4 is 14.8 Å². The molecule has 0 unspecified atom stereocenters. The number of halogens is 1. The van der Waals surface area contributed by atoms with Crippen LogP contribution in [0.15, 0.2) is 40.9 Å². The van der Waals surface area contributed by atoms with Crippen molar-refractivity contribution in [3.05, 3.63) is 63.0 Å². The molecule has 29 heavy (non-hydrogen) atoms. The normalized spacial score (nSPS) is 10.4. The van der Waals surface area contributed by atoms with Crippen molar-refractivity contribution < 1.29 is 23.7 Å². The average molecular weight is 419 g/mol. The molecule has 0 saturated heterocycles. The topological polar surface area (TPSA) is 130 Å². The zero-order valence-electron chi connectivity index (χ0n) is 15.3. The van der Waals surface area contributed by atoms with Crippen LogP contribution >= 0.6 is 11.6 Å². The number of ether oxygens (including phenoxy) is 2. The predicted octanol–water partition coefficient (Wildman–Crippen LogP) is 3.25. The molecule has 1 aromatic heterocycles. The lowest BCUT2D eigenvalue weighted by Crippen LogP contribution is -2.23. The second-order valence-corrected chi connectivity index (χ2v) is 6.09. The van der Waals surface area contributed by atoms with Gasteiger partial charge in [-0.05, 0) is 24.3 Å². The number of hydrogen-bond acceptors (Lipinski definition) is 8. The fourth-order valence-corrected chi connectivity index (χ4v) is 2.66. The van der Waals surface area contributed by atoms with Gasteiger partial charge in [-0.15, -0.1) is 0 Å². The molecular formula is C18H15ClN4O6. The largest absolute Gasteiger partial charge is 0.497 e. The minimum Gasteiger partial charge on any atom is -0.497 e. The van der Waals surface area contributed by atoms with Gasteiger partial charge in [-0.2, -0.15) is 4.98 Å². The molecule has 0 radical (unpaired) electrons. The van der Waals surface area contributed by atoms with Crippen molar-refractivity contribution in [2.45, 2.75) is 6.54 Å². The van der Waals surface area contributed by atoms with Gasteiger partial charge in [0, 0.05) is 17.7 Å². The number of carbonyl (C=O) groups is 1. The van der Waals surface area contributed by atoms with Gasteiger partial charge in [0.2, 0.25) is 11.7 Å². The number of carbonyl (C=O) groups excluding carboxylic acids is 1. The van der Waals surface area contributed by atoms with Crippen molar-refractivity contribution in [2.24, 2.45) is 0 Å². The summed E-state index contributed by atoms with van der Waals surface area (Å²) in [7, 11) is 3.05. The third-order valence-electron chi connectivity index (χ3n) is 3.92. The summed E-state index contributed by atoms with van der Waals surface area (Å²) in [6.07, 6.45) is 0. The molecule has 0 aliphatic carbocycles. The molecule has 0 saturated carbocycles. The van der Waals surface area contributed by atoms with Gasteiger partial charge < -0.3 is 19.3 Å². The van der Waals surface area contributed by atoms with Crippen LogP contribution in [0.25, 0.3) is 11.4 Å². The summed E-state index contributed by atoms with van der Waals surface area (Å²) in [5.41, 5.74) is 0.312. The maximum Gasteiger partial charge on any atom is 0.288 e. The van der Waals surface area contributed by atoms with Crippen molar-refractivity contribution in [1.82, 2.24) is 15.5 Å². The minimum atomic E-state index is -0.661. The highest BCUT2D eigenvalue weighted by molar-refractivity contribution is 6.32. The molecule has 0 aliphatic rings. The maximum absolute atomic E-state index is 12.3. The molecule has 1 heterocycles. The first-order chi connectivity index (χ1) is 13.9. The molecule has 0 bridgehead atoms. The number of benzene rings is 2. The molecule has 1 N–H and O–H groups in total. The second-order valence-electron chi connectivity index (χ2n) is 5.68. The van der Waals surface area contributed by atoms with E-state index in [0.29, 0.717) is 17.1 Å². The van der Waals surface area contributed by atoms with Crippen LogP contribution in [0.3, 0.4) is 0 Å². The van der Waals surface area contributed by atoms with Gasteiger partial charge in [-0.1, -0.05) is 16.8 Å². The first kappa shape index (κ1) is 20.1. The highest BCUT2D eigenvalue weighted by Gasteiger charge is 2.18. The standard InChI is InChI=1S/C18H15ClN4O6/c1-27-11-4-5-12(15(8-11)28-2)17-21-16(29-22-17)9-20-18(24)10-3-6-13(19)14(7-10)23(25)26/h3-8H,9H2,1-2H3,(H,20,24). The van der Waals surface area contributed by atoms with Crippen molar-refractivity contribution in [1.29, 1.82) is 0 Å². The quantitative estimate of drug-likeness (QED) is 0.457. The number of nitrogens with one attached hydrogen (secondary N) is 1. The van der Waals surface area contributed by atoms with Gasteiger partial charge in [0.15, 0.2) is 0 Å². The Bertz CT molecular complexity index is 1070. The first-order valence-electron chi connectivity index (χ1n) is 8.20.